The van der Waals surface area contributed by atoms with Crippen LogP contribution < -0.4 is 0 Å². The number of hydrogen-bond donors (Lipinski definition) is 0. The number of amides is 1. The molecule has 0 N–H and O–H groups in total. The summed E-state index contributed by atoms with van der Waals surface area (Å²) in [4.78, 5) is 14.4. The molecule has 1 amide bonds. The van der Waals surface area contributed by atoms with Crippen molar-refractivity contribution in [1.29, 1.82) is 0 Å². The average molecular weight is 419 g/mol. The molecule has 2 aromatic heterocycles. The molecule has 2 heterocycles. The second-order valence-corrected chi connectivity index (χ2v) is 7.82. The van der Waals surface area contributed by atoms with Gasteiger partial charge in [-0.3, -0.25) is 9.36 Å². The summed E-state index contributed by atoms with van der Waals surface area (Å²) in [6, 6.07) is 23.7. The number of rotatable bonds is 8. The summed E-state index contributed by atoms with van der Waals surface area (Å²) in [5.41, 5.74) is 2.23. The van der Waals surface area contributed by atoms with Crippen LogP contribution in [0.15, 0.2) is 88.6 Å². The first-order valence-corrected chi connectivity index (χ1v) is 10.6. The van der Waals surface area contributed by atoms with Crippen LogP contribution in [0.2, 0.25) is 0 Å². The molecule has 4 rings (SSSR count). The SMILES string of the molecule is CN(Cc1ccccc1)C(=O)CSc1nnc(-c2ccco2)n1Cc1ccccc1. The van der Waals surface area contributed by atoms with Gasteiger partial charge in [0, 0.05) is 13.6 Å². The van der Waals surface area contributed by atoms with Gasteiger partial charge in [-0.1, -0.05) is 72.4 Å². The van der Waals surface area contributed by atoms with Crippen molar-refractivity contribution in [2.24, 2.45) is 0 Å². The van der Waals surface area contributed by atoms with Crippen LogP contribution >= 0.6 is 11.8 Å². The number of benzene rings is 2. The van der Waals surface area contributed by atoms with Crippen molar-refractivity contribution in [1.82, 2.24) is 19.7 Å². The maximum atomic E-state index is 12.7. The zero-order valence-electron chi connectivity index (χ0n) is 16.6. The van der Waals surface area contributed by atoms with Gasteiger partial charge in [0.2, 0.25) is 11.7 Å². The Balaban J connectivity index is 1.48. The maximum absolute atomic E-state index is 12.7. The van der Waals surface area contributed by atoms with Gasteiger partial charge in [0.1, 0.15) is 0 Å². The third-order valence-corrected chi connectivity index (χ3v) is 5.61. The lowest BCUT2D eigenvalue weighted by Gasteiger charge is -2.17. The van der Waals surface area contributed by atoms with Crippen LogP contribution in [0.4, 0.5) is 0 Å². The van der Waals surface area contributed by atoms with E-state index in [1.807, 2.05) is 72.3 Å². The highest BCUT2D eigenvalue weighted by molar-refractivity contribution is 7.99. The molecule has 0 fully saturated rings. The van der Waals surface area contributed by atoms with Gasteiger partial charge >= 0.3 is 0 Å². The fourth-order valence-electron chi connectivity index (χ4n) is 3.07. The monoisotopic (exact) mass is 418 g/mol. The molecule has 0 saturated carbocycles. The van der Waals surface area contributed by atoms with Gasteiger partial charge in [-0.05, 0) is 23.3 Å². The molecule has 7 heteroatoms. The van der Waals surface area contributed by atoms with Crippen LogP contribution in [0.5, 0.6) is 0 Å². The van der Waals surface area contributed by atoms with E-state index in [0.717, 1.165) is 11.1 Å². The fourth-order valence-corrected chi connectivity index (χ4v) is 3.95. The molecule has 0 unspecified atom stereocenters. The van der Waals surface area contributed by atoms with Gasteiger partial charge in [-0.25, -0.2) is 0 Å². The molecular weight excluding hydrogens is 396 g/mol. The number of nitrogens with zero attached hydrogens (tertiary/aromatic N) is 4. The van der Waals surface area contributed by atoms with Gasteiger partial charge in [0.05, 0.1) is 18.6 Å². The van der Waals surface area contributed by atoms with Gasteiger partial charge < -0.3 is 9.32 Å². The highest BCUT2D eigenvalue weighted by Crippen LogP contribution is 2.25. The molecule has 0 bridgehead atoms. The van der Waals surface area contributed by atoms with E-state index in [0.29, 0.717) is 29.8 Å². The minimum Gasteiger partial charge on any atom is -0.461 e. The Hall–Kier alpha value is -3.32. The smallest absolute Gasteiger partial charge is 0.233 e. The van der Waals surface area contributed by atoms with E-state index in [9.17, 15) is 4.79 Å². The molecule has 2 aromatic carbocycles. The highest BCUT2D eigenvalue weighted by Gasteiger charge is 2.19. The Morgan fingerprint density at radius 2 is 1.67 bits per heavy atom. The first-order chi connectivity index (χ1) is 14.7. The van der Waals surface area contributed by atoms with Crippen molar-refractivity contribution >= 4 is 17.7 Å². The molecule has 152 valence electrons. The lowest BCUT2D eigenvalue weighted by atomic mass is 10.2. The largest absolute Gasteiger partial charge is 0.461 e. The van der Waals surface area contributed by atoms with Crippen LogP contribution in [0.25, 0.3) is 11.6 Å². The summed E-state index contributed by atoms with van der Waals surface area (Å²) in [6.07, 6.45) is 1.62. The predicted octanol–water partition coefficient (Wildman–Crippen LogP) is 4.34. The third-order valence-electron chi connectivity index (χ3n) is 4.65. The molecule has 0 atom stereocenters. The van der Waals surface area contributed by atoms with Crippen molar-refractivity contribution in [2.45, 2.75) is 18.2 Å². The number of carbonyl (C=O) groups excluding carboxylic acids is 1. The van der Waals surface area contributed by atoms with E-state index in [2.05, 4.69) is 22.3 Å². The summed E-state index contributed by atoms with van der Waals surface area (Å²) < 4.78 is 7.52. The minimum atomic E-state index is 0.0395. The molecule has 4 aromatic rings. The second kappa shape index (κ2) is 9.45. The van der Waals surface area contributed by atoms with Gasteiger partial charge in [-0.15, -0.1) is 10.2 Å². The molecule has 0 radical (unpaired) electrons. The van der Waals surface area contributed by atoms with Gasteiger partial charge in [0.15, 0.2) is 10.9 Å². The molecular formula is C23H22N4O2S. The Morgan fingerprint density at radius 3 is 2.33 bits per heavy atom. The highest BCUT2D eigenvalue weighted by atomic mass is 32.2. The minimum absolute atomic E-state index is 0.0395. The van der Waals surface area contributed by atoms with Crippen LogP contribution in [0.1, 0.15) is 11.1 Å². The van der Waals surface area contributed by atoms with Crippen LogP contribution in [-0.2, 0) is 17.9 Å². The van der Waals surface area contributed by atoms with Crippen molar-refractivity contribution in [2.75, 3.05) is 12.8 Å². The van der Waals surface area contributed by atoms with E-state index in [1.54, 1.807) is 11.2 Å². The van der Waals surface area contributed by atoms with E-state index in [-0.39, 0.29) is 11.7 Å². The lowest BCUT2D eigenvalue weighted by Crippen LogP contribution is -2.27. The summed E-state index contributed by atoms with van der Waals surface area (Å²) in [7, 11) is 1.82. The van der Waals surface area contributed by atoms with Gasteiger partial charge in [0.25, 0.3) is 0 Å². The molecule has 6 nitrogen and oxygen atoms in total. The average Bonchev–Trinajstić information content (AvgIpc) is 3.43. The fraction of sp³-hybridized carbons (Fsp3) is 0.174. The molecule has 0 spiro atoms. The predicted molar refractivity (Wildman–Crippen MR) is 117 cm³/mol. The number of thioether (sulfide) groups is 1. The van der Waals surface area contributed by atoms with E-state index < -0.39 is 0 Å². The first-order valence-electron chi connectivity index (χ1n) is 9.62. The van der Waals surface area contributed by atoms with Crippen molar-refractivity contribution in [3.05, 3.63) is 90.2 Å². The van der Waals surface area contributed by atoms with Crippen molar-refractivity contribution in [3.8, 4) is 11.6 Å². The Morgan fingerprint density at radius 1 is 0.967 bits per heavy atom. The molecule has 0 aliphatic rings. The van der Waals surface area contributed by atoms with Gasteiger partial charge in [-0.2, -0.15) is 0 Å². The van der Waals surface area contributed by atoms with Crippen LogP contribution in [0.3, 0.4) is 0 Å². The molecule has 0 aliphatic heterocycles. The van der Waals surface area contributed by atoms with Crippen molar-refractivity contribution in [3.63, 3.8) is 0 Å². The summed E-state index contributed by atoms with van der Waals surface area (Å²) >= 11 is 1.39. The Labute approximate surface area is 179 Å². The van der Waals surface area contributed by atoms with Crippen molar-refractivity contribution < 1.29 is 9.21 Å². The quantitative estimate of drug-likeness (QED) is 0.398. The number of carbonyl (C=O) groups is 1. The molecule has 0 aliphatic carbocycles. The second-order valence-electron chi connectivity index (χ2n) is 6.88. The summed E-state index contributed by atoms with van der Waals surface area (Å²) in [5, 5.41) is 9.33. The molecule has 30 heavy (non-hydrogen) atoms. The Kier molecular flexibility index (Phi) is 6.29. The zero-order valence-corrected chi connectivity index (χ0v) is 17.5. The normalized spacial score (nSPS) is 10.8. The van der Waals surface area contributed by atoms with E-state index in [4.69, 9.17) is 4.42 Å². The number of hydrogen-bond acceptors (Lipinski definition) is 5. The number of furan rings is 1. The van der Waals surface area contributed by atoms with E-state index >= 15 is 0 Å². The first kappa shape index (κ1) is 20.0. The van der Waals surface area contributed by atoms with Crippen LogP contribution in [-0.4, -0.2) is 38.4 Å². The third kappa shape index (κ3) is 4.80. The lowest BCUT2D eigenvalue weighted by molar-refractivity contribution is -0.127. The summed E-state index contributed by atoms with van der Waals surface area (Å²) in [6.45, 7) is 1.18. The zero-order chi connectivity index (χ0) is 20.8. The Bertz CT molecular complexity index is 1080. The molecule has 0 saturated heterocycles. The standard InChI is InChI=1S/C23H22N4O2S/c1-26(15-18-9-4-2-5-10-18)21(28)17-30-23-25-24-22(20-13-8-14-29-20)27(23)16-19-11-6-3-7-12-19/h2-14H,15-17H2,1H3. The topological polar surface area (TPSA) is 64.2 Å². The van der Waals surface area contributed by atoms with E-state index in [1.165, 1.54) is 11.8 Å². The van der Waals surface area contributed by atoms with Crippen LogP contribution in [0, 0.1) is 0 Å². The summed E-state index contributed by atoms with van der Waals surface area (Å²) in [5.74, 6) is 1.63. The maximum Gasteiger partial charge on any atom is 0.233 e. The number of aromatic nitrogens is 3.